The number of phenols is 2. The van der Waals surface area contributed by atoms with E-state index in [1.54, 1.807) is 6.07 Å². The van der Waals surface area contributed by atoms with Crippen LogP contribution in [0, 0.1) is 0 Å². The highest BCUT2D eigenvalue weighted by Gasteiger charge is 2.31. The molecule has 1 aliphatic rings. The molecule has 3 rings (SSSR count). The molecule has 0 saturated heterocycles. The van der Waals surface area contributed by atoms with E-state index in [0.29, 0.717) is 17.9 Å². The molecule has 3 heteroatoms. The summed E-state index contributed by atoms with van der Waals surface area (Å²) in [6.45, 7) is 0. The molecule has 0 unspecified atom stereocenters. The molecule has 0 aromatic heterocycles. The summed E-state index contributed by atoms with van der Waals surface area (Å²) in [6.07, 6.45) is 0.691. The van der Waals surface area contributed by atoms with Gasteiger partial charge in [-0.3, -0.25) is 0 Å². The van der Waals surface area contributed by atoms with Crippen molar-refractivity contribution in [3.63, 3.8) is 0 Å². The zero-order valence-electron chi connectivity index (χ0n) is 8.47. The SMILES string of the molecule is Oc1cc(Cc2ccccc2)c2c(c1O)O2. The van der Waals surface area contributed by atoms with Crippen LogP contribution in [0.2, 0.25) is 0 Å². The van der Waals surface area contributed by atoms with Crippen LogP contribution in [0.25, 0.3) is 0 Å². The van der Waals surface area contributed by atoms with Crippen molar-refractivity contribution in [1.82, 2.24) is 0 Å². The van der Waals surface area contributed by atoms with Crippen LogP contribution < -0.4 is 4.74 Å². The number of aromatic hydroxyl groups is 2. The fraction of sp³-hybridized carbons (Fsp3) is 0.0769. The molecule has 80 valence electrons. The van der Waals surface area contributed by atoms with Crippen molar-refractivity contribution in [2.45, 2.75) is 6.42 Å². The van der Waals surface area contributed by atoms with Gasteiger partial charge in [-0.15, -0.1) is 0 Å². The van der Waals surface area contributed by atoms with Gasteiger partial charge in [0.05, 0.1) is 0 Å². The number of benzene rings is 2. The summed E-state index contributed by atoms with van der Waals surface area (Å²) in [5.74, 6) is 0.819. The van der Waals surface area contributed by atoms with Crippen LogP contribution in [0.15, 0.2) is 36.4 Å². The van der Waals surface area contributed by atoms with Crippen LogP contribution >= 0.6 is 0 Å². The van der Waals surface area contributed by atoms with Gasteiger partial charge in [0, 0.05) is 12.0 Å². The van der Waals surface area contributed by atoms with E-state index >= 15 is 0 Å². The normalized spacial score (nSPS) is 11.8. The zero-order valence-corrected chi connectivity index (χ0v) is 8.47. The van der Waals surface area contributed by atoms with E-state index in [0.717, 1.165) is 11.1 Å². The van der Waals surface area contributed by atoms with Crippen molar-refractivity contribution in [1.29, 1.82) is 0 Å². The fourth-order valence-electron chi connectivity index (χ4n) is 1.81. The van der Waals surface area contributed by atoms with Gasteiger partial charge in [0.2, 0.25) is 11.5 Å². The molecular weight excluding hydrogens is 204 g/mol. The Kier molecular flexibility index (Phi) is 1.80. The minimum Gasteiger partial charge on any atom is -0.504 e. The summed E-state index contributed by atoms with van der Waals surface area (Å²) in [4.78, 5) is 0. The maximum absolute atomic E-state index is 9.46. The van der Waals surface area contributed by atoms with Crippen molar-refractivity contribution < 1.29 is 14.9 Å². The van der Waals surface area contributed by atoms with Crippen LogP contribution in [-0.4, -0.2) is 10.2 Å². The summed E-state index contributed by atoms with van der Waals surface area (Å²) >= 11 is 0. The quantitative estimate of drug-likeness (QED) is 0.509. The third-order valence-corrected chi connectivity index (χ3v) is 2.67. The molecule has 0 aliphatic carbocycles. The number of hydrogen-bond donors (Lipinski definition) is 2. The molecule has 1 aliphatic heterocycles. The molecule has 0 spiro atoms. The fourth-order valence-corrected chi connectivity index (χ4v) is 1.81. The summed E-state index contributed by atoms with van der Waals surface area (Å²) in [7, 11) is 0. The van der Waals surface area contributed by atoms with Gasteiger partial charge in [-0.05, 0) is 11.6 Å². The Morgan fingerprint density at radius 2 is 1.75 bits per heavy atom. The molecular formula is C13H10O3. The maximum Gasteiger partial charge on any atom is 0.215 e. The molecule has 0 fully saturated rings. The van der Waals surface area contributed by atoms with Gasteiger partial charge in [-0.2, -0.15) is 0 Å². The van der Waals surface area contributed by atoms with Gasteiger partial charge in [0.25, 0.3) is 0 Å². The Morgan fingerprint density at radius 1 is 1.00 bits per heavy atom. The van der Waals surface area contributed by atoms with Gasteiger partial charge in [-0.25, -0.2) is 0 Å². The van der Waals surface area contributed by atoms with Crippen LogP contribution in [-0.2, 0) is 6.42 Å². The molecule has 16 heavy (non-hydrogen) atoms. The third-order valence-electron chi connectivity index (χ3n) is 2.67. The number of phenolic OH excluding ortho intramolecular Hbond substituents is 2. The molecule has 0 atom stereocenters. The van der Waals surface area contributed by atoms with Crippen molar-refractivity contribution in [2.24, 2.45) is 0 Å². The monoisotopic (exact) mass is 214 g/mol. The molecule has 0 bridgehead atoms. The van der Waals surface area contributed by atoms with E-state index in [4.69, 9.17) is 4.74 Å². The number of hydrogen-bond acceptors (Lipinski definition) is 3. The average Bonchev–Trinajstić information content (AvgIpc) is 3.07. The van der Waals surface area contributed by atoms with Gasteiger partial charge in [-0.1, -0.05) is 30.3 Å². The van der Waals surface area contributed by atoms with Crippen molar-refractivity contribution in [3.05, 3.63) is 47.5 Å². The maximum atomic E-state index is 9.46. The second kappa shape index (κ2) is 3.17. The van der Waals surface area contributed by atoms with Gasteiger partial charge >= 0.3 is 0 Å². The molecule has 0 saturated carbocycles. The largest absolute Gasteiger partial charge is 0.504 e. The van der Waals surface area contributed by atoms with E-state index in [2.05, 4.69) is 0 Å². The molecule has 1 heterocycles. The summed E-state index contributed by atoms with van der Waals surface area (Å²) < 4.78 is 5.14. The number of ether oxygens (including phenoxy) is 1. The smallest absolute Gasteiger partial charge is 0.215 e. The molecule has 2 aromatic carbocycles. The first-order valence-corrected chi connectivity index (χ1v) is 5.05. The van der Waals surface area contributed by atoms with Crippen LogP contribution in [0.4, 0.5) is 0 Å². The molecule has 3 nitrogen and oxygen atoms in total. The van der Waals surface area contributed by atoms with E-state index in [1.165, 1.54) is 0 Å². The highest BCUT2D eigenvalue weighted by molar-refractivity contribution is 5.71. The second-order valence-corrected chi connectivity index (χ2v) is 3.83. The second-order valence-electron chi connectivity index (χ2n) is 3.83. The Labute approximate surface area is 92.5 Å². The Balaban J connectivity index is 1.96. The van der Waals surface area contributed by atoms with E-state index < -0.39 is 0 Å². The van der Waals surface area contributed by atoms with Crippen LogP contribution in [0.1, 0.15) is 11.1 Å². The Hall–Kier alpha value is -2.16. The Bertz CT molecular complexity index is 543. The average molecular weight is 214 g/mol. The zero-order chi connectivity index (χ0) is 11.1. The molecule has 2 N–H and O–H groups in total. The summed E-state index contributed by atoms with van der Waals surface area (Å²) in [6, 6.07) is 11.5. The topological polar surface area (TPSA) is 53.0 Å². The lowest BCUT2D eigenvalue weighted by atomic mass is 10.0. The van der Waals surface area contributed by atoms with Gasteiger partial charge < -0.3 is 14.9 Å². The predicted molar refractivity (Wildman–Crippen MR) is 59.1 cm³/mol. The predicted octanol–water partition coefficient (Wildman–Crippen LogP) is 2.79. The van der Waals surface area contributed by atoms with Crippen molar-refractivity contribution >= 4 is 0 Å². The minimum atomic E-state index is -0.160. The van der Waals surface area contributed by atoms with E-state index in [9.17, 15) is 10.2 Å². The van der Waals surface area contributed by atoms with Crippen molar-refractivity contribution in [2.75, 3.05) is 0 Å². The summed E-state index contributed by atoms with van der Waals surface area (Å²) in [5.41, 5.74) is 2.04. The lowest BCUT2D eigenvalue weighted by molar-refractivity contribution is 0.399. The molecule has 0 amide bonds. The van der Waals surface area contributed by atoms with Gasteiger partial charge in [0.15, 0.2) is 11.5 Å². The lowest BCUT2D eigenvalue weighted by Crippen LogP contribution is -1.85. The van der Waals surface area contributed by atoms with Crippen molar-refractivity contribution in [3.8, 4) is 23.0 Å². The standard InChI is InChI=1S/C13H10O3/c14-10-7-9(12-13(16-12)11(10)15)6-8-4-2-1-3-5-8/h1-5,7,14-15H,6H2. The van der Waals surface area contributed by atoms with Crippen LogP contribution in [0.3, 0.4) is 0 Å². The highest BCUT2D eigenvalue weighted by atomic mass is 16.6. The third kappa shape index (κ3) is 1.37. The Morgan fingerprint density at radius 3 is 2.50 bits per heavy atom. The molecule has 2 aromatic rings. The van der Waals surface area contributed by atoms with E-state index in [-0.39, 0.29) is 11.5 Å². The van der Waals surface area contributed by atoms with Gasteiger partial charge in [0.1, 0.15) is 0 Å². The summed E-state index contributed by atoms with van der Waals surface area (Å²) in [5, 5.41) is 18.8. The first-order valence-electron chi connectivity index (χ1n) is 5.05. The highest BCUT2D eigenvalue weighted by Crippen LogP contribution is 2.58. The van der Waals surface area contributed by atoms with Crippen LogP contribution in [0.5, 0.6) is 23.0 Å². The number of rotatable bonds is 2. The van der Waals surface area contributed by atoms with E-state index in [1.807, 2.05) is 30.3 Å². The lowest BCUT2D eigenvalue weighted by Gasteiger charge is -2.00. The number of fused-ring (bicyclic) bond motifs is 1. The first kappa shape index (κ1) is 9.09. The first-order chi connectivity index (χ1) is 7.75. The minimum absolute atomic E-state index is 0.123. The molecule has 0 radical (unpaired) electrons.